The Balaban J connectivity index is 1.65. The Morgan fingerprint density at radius 2 is 2.25 bits per heavy atom. The maximum absolute atomic E-state index is 12.9. The van der Waals surface area contributed by atoms with Gasteiger partial charge < -0.3 is 10.4 Å². The number of nitrogens with zero attached hydrogens (tertiary/aromatic N) is 2. The van der Waals surface area contributed by atoms with E-state index in [4.69, 9.17) is 0 Å². The molecule has 1 saturated carbocycles. The first-order chi connectivity index (χ1) is 11.7. The van der Waals surface area contributed by atoms with Crippen molar-refractivity contribution in [2.45, 2.75) is 19.2 Å². The first-order valence-electron chi connectivity index (χ1n) is 7.55. The fourth-order valence-corrected chi connectivity index (χ4v) is 3.51. The predicted molar refractivity (Wildman–Crippen MR) is 90.4 cm³/mol. The van der Waals surface area contributed by atoms with Gasteiger partial charge in [0.05, 0.1) is 22.7 Å². The lowest BCUT2D eigenvalue weighted by Gasteiger charge is -2.06. The van der Waals surface area contributed by atoms with Crippen molar-refractivity contribution in [1.29, 1.82) is 0 Å². The Morgan fingerprint density at radius 1 is 1.42 bits per heavy atom. The maximum Gasteiger partial charge on any atom is 0.232 e. The summed E-state index contributed by atoms with van der Waals surface area (Å²) in [6.07, 6.45) is 2.63. The summed E-state index contributed by atoms with van der Waals surface area (Å²) in [5, 5.41) is 12.6. The third-order valence-corrected chi connectivity index (χ3v) is 4.99. The Morgan fingerprint density at radius 3 is 3.00 bits per heavy atom. The number of aliphatic hydroxyl groups is 1. The zero-order chi connectivity index (χ0) is 16.7. The van der Waals surface area contributed by atoms with E-state index in [9.17, 15) is 14.3 Å². The number of nitrogens with one attached hydrogen (secondary N) is 1. The second-order valence-electron chi connectivity index (χ2n) is 5.74. The van der Waals surface area contributed by atoms with Crippen LogP contribution < -0.4 is 5.32 Å². The van der Waals surface area contributed by atoms with Gasteiger partial charge in [-0.2, -0.15) is 0 Å². The molecule has 1 aliphatic carbocycles. The summed E-state index contributed by atoms with van der Waals surface area (Å²) < 4.78 is 13.8. The van der Waals surface area contributed by atoms with Gasteiger partial charge in [0.1, 0.15) is 6.17 Å². The van der Waals surface area contributed by atoms with E-state index >= 15 is 0 Å². The van der Waals surface area contributed by atoms with Crippen LogP contribution in [0.25, 0.3) is 21.3 Å². The van der Waals surface area contributed by atoms with Gasteiger partial charge in [0.2, 0.25) is 5.91 Å². The van der Waals surface area contributed by atoms with Crippen molar-refractivity contribution in [1.82, 2.24) is 9.97 Å². The molecule has 3 aromatic rings. The number of amides is 1. The van der Waals surface area contributed by atoms with Crippen molar-refractivity contribution in [3.05, 3.63) is 42.2 Å². The van der Waals surface area contributed by atoms with Gasteiger partial charge in [-0.1, -0.05) is 17.4 Å². The van der Waals surface area contributed by atoms with Crippen LogP contribution in [-0.4, -0.2) is 27.2 Å². The molecule has 1 amide bonds. The molecule has 7 heteroatoms. The summed E-state index contributed by atoms with van der Waals surface area (Å²) in [7, 11) is 0. The number of carbonyl (C=O) groups is 1. The third kappa shape index (κ3) is 2.76. The van der Waals surface area contributed by atoms with Crippen LogP contribution in [-0.2, 0) is 11.4 Å². The maximum atomic E-state index is 12.9. The number of aromatic nitrogens is 2. The molecular formula is C17H14FN3O2S. The van der Waals surface area contributed by atoms with E-state index < -0.39 is 12.1 Å². The predicted octanol–water partition coefficient (Wildman–Crippen LogP) is 3.15. The van der Waals surface area contributed by atoms with Crippen LogP contribution in [0.2, 0.25) is 0 Å². The molecular weight excluding hydrogens is 329 g/mol. The lowest BCUT2D eigenvalue weighted by Crippen LogP contribution is -2.14. The van der Waals surface area contributed by atoms with Crippen LogP contribution in [0.1, 0.15) is 12.0 Å². The first-order valence-corrected chi connectivity index (χ1v) is 8.37. The number of carbonyl (C=O) groups excluding carboxylic acids is 1. The number of hydrogen-bond donors (Lipinski definition) is 2. The van der Waals surface area contributed by atoms with Gasteiger partial charge >= 0.3 is 0 Å². The molecule has 24 heavy (non-hydrogen) atoms. The van der Waals surface area contributed by atoms with Gasteiger partial charge in [-0.15, -0.1) is 0 Å². The van der Waals surface area contributed by atoms with Gasteiger partial charge in [-0.3, -0.25) is 9.78 Å². The molecule has 1 aliphatic rings. The minimum atomic E-state index is -1.02. The highest BCUT2D eigenvalue weighted by Gasteiger charge is 2.43. The minimum Gasteiger partial charge on any atom is -0.392 e. The number of halogens is 1. The number of rotatable bonds is 4. The van der Waals surface area contributed by atoms with E-state index in [0.717, 1.165) is 26.9 Å². The number of aliphatic hydroxyl groups excluding tert-OH is 1. The van der Waals surface area contributed by atoms with Gasteiger partial charge in [-0.05, 0) is 35.7 Å². The number of pyridine rings is 1. The molecule has 2 atom stereocenters. The summed E-state index contributed by atoms with van der Waals surface area (Å²) in [5.41, 5.74) is 3.34. The lowest BCUT2D eigenvalue weighted by molar-refractivity contribution is -0.117. The third-order valence-electron chi connectivity index (χ3n) is 4.06. The molecule has 0 aliphatic heterocycles. The van der Waals surface area contributed by atoms with Crippen molar-refractivity contribution >= 4 is 32.6 Å². The smallest absolute Gasteiger partial charge is 0.232 e. The van der Waals surface area contributed by atoms with Crippen molar-refractivity contribution < 1.29 is 14.3 Å². The number of hydrogen-bond acceptors (Lipinski definition) is 5. The van der Waals surface area contributed by atoms with Crippen LogP contribution >= 0.6 is 11.3 Å². The summed E-state index contributed by atoms with van der Waals surface area (Å²) in [5.74, 6) is -0.841. The second kappa shape index (κ2) is 5.92. The highest BCUT2D eigenvalue weighted by Crippen LogP contribution is 2.36. The molecule has 122 valence electrons. The molecule has 0 bridgehead atoms. The number of benzene rings is 1. The van der Waals surface area contributed by atoms with Crippen molar-refractivity contribution in [3.63, 3.8) is 0 Å². The van der Waals surface area contributed by atoms with E-state index in [-0.39, 0.29) is 12.5 Å². The fraction of sp³-hybridized carbons (Fsp3) is 0.235. The van der Waals surface area contributed by atoms with Gasteiger partial charge in [0, 0.05) is 18.0 Å². The Bertz CT molecular complexity index is 927. The zero-order valence-electron chi connectivity index (χ0n) is 12.6. The van der Waals surface area contributed by atoms with Crippen LogP contribution in [0, 0.1) is 5.92 Å². The van der Waals surface area contributed by atoms with E-state index in [2.05, 4.69) is 15.3 Å². The molecule has 0 saturated heterocycles. The highest BCUT2D eigenvalue weighted by molar-refractivity contribution is 7.22. The summed E-state index contributed by atoms with van der Waals surface area (Å²) in [6, 6.07) is 7.50. The minimum absolute atomic E-state index is 0.0638. The van der Waals surface area contributed by atoms with Gasteiger partial charge in [0.25, 0.3) is 0 Å². The number of alkyl halides is 1. The Labute approximate surface area is 141 Å². The molecule has 4 rings (SSSR count). The van der Waals surface area contributed by atoms with Crippen LogP contribution in [0.5, 0.6) is 0 Å². The monoisotopic (exact) mass is 343 g/mol. The summed E-state index contributed by atoms with van der Waals surface area (Å²) in [4.78, 5) is 20.3. The SMILES string of the molecule is O=C(Nc1nc2ccc(-c3cnccc3CO)cc2s1)C1CC1F. The van der Waals surface area contributed by atoms with E-state index in [1.807, 2.05) is 18.2 Å². The molecule has 2 heterocycles. The molecule has 5 nitrogen and oxygen atoms in total. The van der Waals surface area contributed by atoms with Crippen molar-refractivity contribution in [3.8, 4) is 11.1 Å². The average molecular weight is 343 g/mol. The largest absolute Gasteiger partial charge is 0.392 e. The average Bonchev–Trinajstić information content (AvgIpc) is 3.20. The number of anilines is 1. The van der Waals surface area contributed by atoms with Crippen molar-refractivity contribution in [2.24, 2.45) is 5.92 Å². The molecule has 2 N–H and O–H groups in total. The quantitative estimate of drug-likeness (QED) is 0.763. The van der Waals surface area contributed by atoms with Crippen molar-refractivity contribution in [2.75, 3.05) is 5.32 Å². The van der Waals surface area contributed by atoms with Gasteiger partial charge in [-0.25, -0.2) is 9.37 Å². The second-order valence-corrected chi connectivity index (χ2v) is 6.77. The number of fused-ring (bicyclic) bond motifs is 1. The zero-order valence-corrected chi connectivity index (χ0v) is 13.4. The fourth-order valence-electron chi connectivity index (χ4n) is 2.60. The molecule has 0 radical (unpaired) electrons. The summed E-state index contributed by atoms with van der Waals surface area (Å²) in [6.45, 7) is -0.0638. The number of thiazole rings is 1. The van der Waals surface area contributed by atoms with E-state index in [1.165, 1.54) is 11.3 Å². The van der Waals surface area contributed by atoms with Gasteiger partial charge in [0.15, 0.2) is 5.13 Å². The normalized spacial score (nSPS) is 19.4. The molecule has 1 aromatic carbocycles. The topological polar surface area (TPSA) is 75.1 Å². The Kier molecular flexibility index (Phi) is 3.74. The van der Waals surface area contributed by atoms with Crippen LogP contribution in [0.15, 0.2) is 36.7 Å². The summed E-state index contributed by atoms with van der Waals surface area (Å²) >= 11 is 1.35. The molecule has 1 fully saturated rings. The molecule has 0 spiro atoms. The highest BCUT2D eigenvalue weighted by atomic mass is 32.1. The van der Waals surface area contributed by atoms with Crippen LogP contribution in [0.3, 0.4) is 0 Å². The van der Waals surface area contributed by atoms with E-state index in [0.29, 0.717) is 11.6 Å². The molecule has 2 unspecified atom stereocenters. The standard InChI is InChI=1S/C17H14FN3O2S/c18-13-6-11(13)16(23)21-17-20-14-2-1-9(5-15(14)24-17)12-7-19-4-3-10(12)8-22/h1-5,7,11,13,22H,6,8H2,(H,20,21,23). The lowest BCUT2D eigenvalue weighted by atomic mass is 10.0. The van der Waals surface area contributed by atoms with E-state index in [1.54, 1.807) is 18.5 Å². The molecule has 2 aromatic heterocycles. The van der Waals surface area contributed by atoms with Crippen LogP contribution in [0.4, 0.5) is 9.52 Å². The first kappa shape index (κ1) is 15.2. The Hall–Kier alpha value is -2.38.